The third kappa shape index (κ3) is 8.63. The van der Waals surface area contributed by atoms with Crippen LogP contribution in [0.25, 0.3) is 22.3 Å². The SMILES string of the molecule is O=C(Nc1ccc(/N=N/c2ccc(-c3ccccc3)cc2)cc1)c1ccc(C(=O)Nc2ccc(/N=N/c3ccc(-c4ccccc4)cc3)cc2)cc1. The zero-order chi connectivity index (χ0) is 35.5. The number of hydrogen-bond acceptors (Lipinski definition) is 6. The number of rotatable bonds is 10. The van der Waals surface area contributed by atoms with E-state index in [1.165, 1.54) is 0 Å². The molecule has 250 valence electrons. The summed E-state index contributed by atoms with van der Waals surface area (Å²) in [5, 5.41) is 23.0. The number of anilines is 2. The molecule has 0 bridgehead atoms. The minimum Gasteiger partial charge on any atom is -0.322 e. The molecule has 0 aliphatic rings. The molecular formula is C44H32N6O2. The number of benzene rings is 7. The van der Waals surface area contributed by atoms with E-state index in [-0.39, 0.29) is 11.8 Å². The van der Waals surface area contributed by atoms with Gasteiger partial charge in [-0.05, 0) is 119 Å². The van der Waals surface area contributed by atoms with Crippen molar-refractivity contribution in [3.63, 3.8) is 0 Å². The maximum absolute atomic E-state index is 12.9. The number of nitrogens with zero attached hydrogens (tertiary/aromatic N) is 4. The van der Waals surface area contributed by atoms with Gasteiger partial charge < -0.3 is 10.6 Å². The largest absolute Gasteiger partial charge is 0.322 e. The van der Waals surface area contributed by atoms with E-state index in [1.807, 2.05) is 84.9 Å². The lowest BCUT2D eigenvalue weighted by molar-refractivity contribution is 0.101. The minimum atomic E-state index is -0.295. The summed E-state index contributed by atoms with van der Waals surface area (Å²) in [6.07, 6.45) is 0. The van der Waals surface area contributed by atoms with Crippen molar-refractivity contribution in [1.29, 1.82) is 0 Å². The van der Waals surface area contributed by atoms with Crippen LogP contribution >= 0.6 is 0 Å². The highest BCUT2D eigenvalue weighted by molar-refractivity contribution is 6.07. The molecule has 52 heavy (non-hydrogen) atoms. The summed E-state index contributed by atoms with van der Waals surface area (Å²) in [6, 6.07) is 56.7. The highest BCUT2D eigenvalue weighted by Gasteiger charge is 2.10. The second-order valence-corrected chi connectivity index (χ2v) is 11.8. The van der Waals surface area contributed by atoms with Gasteiger partial charge in [0, 0.05) is 22.5 Å². The Balaban J connectivity index is 0.886. The summed E-state index contributed by atoms with van der Waals surface area (Å²) in [5.74, 6) is -0.589. The van der Waals surface area contributed by atoms with Crippen molar-refractivity contribution in [1.82, 2.24) is 0 Å². The van der Waals surface area contributed by atoms with Crippen molar-refractivity contribution in [3.8, 4) is 22.3 Å². The van der Waals surface area contributed by atoms with E-state index >= 15 is 0 Å². The number of nitrogens with one attached hydrogen (secondary N) is 2. The van der Waals surface area contributed by atoms with Crippen molar-refractivity contribution in [3.05, 3.63) is 193 Å². The Morgan fingerprint density at radius 1 is 0.308 bits per heavy atom. The van der Waals surface area contributed by atoms with Crippen LogP contribution in [0.1, 0.15) is 20.7 Å². The Kier molecular flexibility index (Phi) is 10.2. The van der Waals surface area contributed by atoms with E-state index in [0.29, 0.717) is 33.9 Å². The maximum Gasteiger partial charge on any atom is 0.255 e. The molecule has 0 fully saturated rings. The van der Waals surface area contributed by atoms with Crippen LogP contribution in [0, 0.1) is 0 Å². The van der Waals surface area contributed by atoms with Crippen LogP contribution in [0.4, 0.5) is 34.1 Å². The molecule has 2 amide bonds. The highest BCUT2D eigenvalue weighted by Crippen LogP contribution is 2.26. The van der Waals surface area contributed by atoms with Gasteiger partial charge in [-0.25, -0.2) is 0 Å². The van der Waals surface area contributed by atoms with Gasteiger partial charge in [-0.1, -0.05) is 84.9 Å². The number of hydrogen-bond donors (Lipinski definition) is 2. The fourth-order valence-corrected chi connectivity index (χ4v) is 5.34. The second kappa shape index (κ2) is 15.9. The van der Waals surface area contributed by atoms with E-state index in [2.05, 4.69) is 55.4 Å². The van der Waals surface area contributed by atoms with Gasteiger partial charge in [-0.15, -0.1) is 0 Å². The standard InChI is InChI=1S/C44H32N6O2/c51-43(45-37-23-27-41(28-24-37)49-47-39-19-15-33(16-20-39)31-7-3-1-4-8-31)35-11-13-36(14-12-35)44(52)46-38-25-29-42(30-26-38)50-48-40-21-17-34(18-22-40)32-9-5-2-6-10-32/h1-30H,(H,45,51)(H,46,52)/b49-47+,50-48+. The predicted octanol–water partition coefficient (Wildman–Crippen LogP) is 12.4. The lowest BCUT2D eigenvalue weighted by Gasteiger charge is -2.08. The number of azo groups is 2. The van der Waals surface area contributed by atoms with E-state index in [9.17, 15) is 9.59 Å². The second-order valence-electron chi connectivity index (χ2n) is 11.8. The summed E-state index contributed by atoms with van der Waals surface area (Å²) >= 11 is 0. The van der Waals surface area contributed by atoms with Gasteiger partial charge in [0.2, 0.25) is 0 Å². The van der Waals surface area contributed by atoms with Crippen molar-refractivity contribution < 1.29 is 9.59 Å². The number of carbonyl (C=O) groups excluding carboxylic acids is 2. The van der Waals surface area contributed by atoms with E-state index < -0.39 is 0 Å². The number of carbonyl (C=O) groups is 2. The van der Waals surface area contributed by atoms with Crippen molar-refractivity contribution in [2.75, 3.05) is 10.6 Å². The summed E-state index contributed by atoms with van der Waals surface area (Å²) in [6.45, 7) is 0. The van der Waals surface area contributed by atoms with E-state index in [0.717, 1.165) is 33.6 Å². The molecule has 7 aromatic carbocycles. The first kappa shape index (κ1) is 33.2. The molecule has 0 spiro atoms. The summed E-state index contributed by atoms with van der Waals surface area (Å²) < 4.78 is 0. The van der Waals surface area contributed by atoms with Gasteiger partial charge in [-0.2, -0.15) is 20.5 Å². The first-order valence-electron chi connectivity index (χ1n) is 16.6. The molecule has 0 radical (unpaired) electrons. The zero-order valence-electron chi connectivity index (χ0n) is 27.9. The molecule has 0 heterocycles. The molecule has 8 heteroatoms. The van der Waals surface area contributed by atoms with Crippen LogP contribution in [0.3, 0.4) is 0 Å². The van der Waals surface area contributed by atoms with Gasteiger partial charge in [-0.3, -0.25) is 9.59 Å². The molecule has 0 saturated heterocycles. The molecule has 0 aliphatic heterocycles. The normalized spacial score (nSPS) is 11.1. The third-order valence-electron chi connectivity index (χ3n) is 8.17. The van der Waals surface area contributed by atoms with Gasteiger partial charge >= 0.3 is 0 Å². The average molecular weight is 677 g/mol. The maximum atomic E-state index is 12.9. The zero-order valence-corrected chi connectivity index (χ0v) is 27.9. The molecule has 2 N–H and O–H groups in total. The van der Waals surface area contributed by atoms with Crippen LogP contribution in [0.2, 0.25) is 0 Å². The molecular weight excluding hydrogens is 645 g/mol. The van der Waals surface area contributed by atoms with Crippen LogP contribution in [0.15, 0.2) is 202 Å². The highest BCUT2D eigenvalue weighted by atomic mass is 16.2. The van der Waals surface area contributed by atoms with Crippen molar-refractivity contribution in [2.24, 2.45) is 20.5 Å². The lowest BCUT2D eigenvalue weighted by atomic mass is 10.1. The molecule has 0 atom stereocenters. The lowest BCUT2D eigenvalue weighted by Crippen LogP contribution is -2.14. The van der Waals surface area contributed by atoms with E-state index in [4.69, 9.17) is 0 Å². The Morgan fingerprint density at radius 3 is 0.885 bits per heavy atom. The molecule has 0 aromatic heterocycles. The Labute approximate surface area is 301 Å². The van der Waals surface area contributed by atoms with Crippen LogP contribution in [-0.2, 0) is 0 Å². The fraction of sp³-hybridized carbons (Fsp3) is 0. The van der Waals surface area contributed by atoms with Gasteiger partial charge in [0.15, 0.2) is 0 Å². The first-order chi connectivity index (χ1) is 25.6. The van der Waals surface area contributed by atoms with Gasteiger partial charge in [0.1, 0.15) is 0 Å². The molecule has 7 aromatic rings. The molecule has 0 aliphatic carbocycles. The quantitative estimate of drug-likeness (QED) is 0.141. The van der Waals surface area contributed by atoms with Crippen LogP contribution < -0.4 is 10.6 Å². The topological polar surface area (TPSA) is 108 Å². The Morgan fingerprint density at radius 2 is 0.577 bits per heavy atom. The summed E-state index contributed by atoms with van der Waals surface area (Å²) in [7, 11) is 0. The molecule has 0 unspecified atom stereocenters. The minimum absolute atomic E-state index is 0.295. The fourth-order valence-electron chi connectivity index (χ4n) is 5.34. The predicted molar refractivity (Wildman–Crippen MR) is 207 cm³/mol. The smallest absolute Gasteiger partial charge is 0.255 e. The van der Waals surface area contributed by atoms with Crippen LogP contribution in [0.5, 0.6) is 0 Å². The van der Waals surface area contributed by atoms with Gasteiger partial charge in [0.05, 0.1) is 22.7 Å². The average Bonchev–Trinajstić information content (AvgIpc) is 3.21. The van der Waals surface area contributed by atoms with Gasteiger partial charge in [0.25, 0.3) is 11.8 Å². The van der Waals surface area contributed by atoms with E-state index in [1.54, 1.807) is 72.8 Å². The summed E-state index contributed by atoms with van der Waals surface area (Å²) in [4.78, 5) is 25.8. The molecule has 8 nitrogen and oxygen atoms in total. The summed E-state index contributed by atoms with van der Waals surface area (Å²) in [5.41, 5.74) is 9.38. The monoisotopic (exact) mass is 676 g/mol. The van der Waals surface area contributed by atoms with Crippen molar-refractivity contribution >= 4 is 45.9 Å². The third-order valence-corrected chi connectivity index (χ3v) is 8.17. The molecule has 0 saturated carbocycles. The first-order valence-corrected chi connectivity index (χ1v) is 16.6. The van der Waals surface area contributed by atoms with Crippen molar-refractivity contribution in [2.45, 2.75) is 0 Å². The Bertz CT molecular complexity index is 2150. The number of amides is 2. The Hall–Kier alpha value is -7.32. The molecule has 7 rings (SSSR count). The van der Waals surface area contributed by atoms with Crippen LogP contribution in [-0.4, -0.2) is 11.8 Å².